The van der Waals surface area contributed by atoms with Gasteiger partial charge >= 0.3 is 0 Å². The molecule has 0 nitrogen and oxygen atoms in total. The highest BCUT2D eigenvalue weighted by molar-refractivity contribution is 7.54. The van der Waals surface area contributed by atoms with Crippen molar-refractivity contribution in [2.24, 2.45) is 5.41 Å². The molecule has 0 radical (unpaired) electrons. The molecule has 0 N–H and O–H groups in total. The molecule has 0 aromatic heterocycles. The number of hydrogen-bond acceptors (Lipinski definition) is 0. The molecule has 1 aliphatic carbocycles. The zero-order chi connectivity index (χ0) is 16.1. The monoisotopic (exact) mass is 360 g/mol. The fourth-order valence-corrected chi connectivity index (χ4v) is 18.9. The van der Waals surface area contributed by atoms with Crippen molar-refractivity contribution < 1.29 is 0 Å². The van der Waals surface area contributed by atoms with E-state index in [0.29, 0.717) is 5.54 Å². The molecule has 2 rings (SSSR count). The van der Waals surface area contributed by atoms with E-state index in [1.54, 1.807) is 16.0 Å². The van der Waals surface area contributed by atoms with Gasteiger partial charge in [0.15, 0.2) is 0 Å². The van der Waals surface area contributed by atoms with Crippen LogP contribution in [0.25, 0.3) is 0 Å². The van der Waals surface area contributed by atoms with Crippen LogP contribution in [0.2, 0.25) is 25.2 Å². The van der Waals surface area contributed by atoms with Crippen LogP contribution in [0.3, 0.4) is 0 Å². The Morgan fingerprint density at radius 3 is 2.24 bits per heavy atom. The lowest BCUT2D eigenvalue weighted by Crippen LogP contribution is -2.53. The molecule has 120 valence electrons. The first-order valence-electron chi connectivity index (χ1n) is 8.27. The predicted octanol–water partition coefficient (Wildman–Crippen LogP) is 6.94. The van der Waals surface area contributed by atoms with Crippen molar-refractivity contribution in [2.75, 3.05) is 0 Å². The van der Waals surface area contributed by atoms with Gasteiger partial charge in [-0.2, -0.15) is 0 Å². The van der Waals surface area contributed by atoms with Crippen molar-refractivity contribution in [2.45, 2.75) is 78.1 Å². The van der Waals surface area contributed by atoms with E-state index in [0.717, 1.165) is 6.42 Å². The van der Waals surface area contributed by atoms with Crippen LogP contribution in [0.4, 0.5) is 0 Å². The lowest BCUT2D eigenvalue weighted by molar-refractivity contribution is 0.373. The van der Waals surface area contributed by atoms with Gasteiger partial charge in [-0.05, 0) is 48.7 Å². The third-order valence-corrected chi connectivity index (χ3v) is 15.8. The van der Waals surface area contributed by atoms with E-state index in [2.05, 4.69) is 46.5 Å². The summed E-state index contributed by atoms with van der Waals surface area (Å²) in [4.78, 5) is 1.54. The first kappa shape index (κ1) is 17.8. The molecule has 1 unspecified atom stereocenters. The van der Waals surface area contributed by atoms with E-state index in [1.165, 1.54) is 25.7 Å². The van der Waals surface area contributed by atoms with Crippen molar-refractivity contribution >= 4 is 36.9 Å². The Morgan fingerprint density at radius 1 is 1.19 bits per heavy atom. The molecule has 0 aromatic rings. The van der Waals surface area contributed by atoms with Gasteiger partial charge in [-0.25, -0.2) is 0 Å². The van der Waals surface area contributed by atoms with Gasteiger partial charge in [-0.15, -0.1) is 22.2 Å². The highest BCUT2D eigenvalue weighted by atomic mass is 35.7. The Kier molecular flexibility index (Phi) is 4.97. The van der Waals surface area contributed by atoms with E-state index in [1.807, 2.05) is 0 Å². The summed E-state index contributed by atoms with van der Waals surface area (Å²) in [5.41, 5.74) is 3.95. The minimum absolute atomic E-state index is 0.290. The Balaban J connectivity index is 2.47. The number of hydrogen-bond donors (Lipinski definition) is 0. The quantitative estimate of drug-likeness (QED) is 0.377. The summed E-state index contributed by atoms with van der Waals surface area (Å²) in [6.07, 6.45) is 8.75. The summed E-state index contributed by atoms with van der Waals surface area (Å²) >= 11 is 14.0. The molecule has 0 saturated heterocycles. The van der Waals surface area contributed by atoms with Gasteiger partial charge in [0.1, 0.15) is 0 Å². The van der Waals surface area contributed by atoms with Crippen LogP contribution >= 0.6 is 22.2 Å². The molecule has 0 aromatic carbocycles. The summed E-state index contributed by atoms with van der Waals surface area (Å²) in [6, 6.07) is 0. The minimum atomic E-state index is -2.26. The van der Waals surface area contributed by atoms with Crippen LogP contribution in [-0.4, -0.2) is 14.8 Å². The van der Waals surface area contributed by atoms with Gasteiger partial charge in [-0.1, -0.05) is 51.3 Å². The lowest BCUT2D eigenvalue weighted by atomic mass is 9.84. The highest BCUT2D eigenvalue weighted by Gasteiger charge is 2.59. The second-order valence-corrected chi connectivity index (χ2v) is 21.1. The number of rotatable bonds is 3. The molecule has 1 aliphatic heterocycles. The van der Waals surface area contributed by atoms with Crippen LogP contribution in [0.15, 0.2) is 22.0 Å². The molecule has 0 saturated carbocycles. The van der Waals surface area contributed by atoms with Gasteiger partial charge < -0.3 is 0 Å². The van der Waals surface area contributed by atoms with Crippen LogP contribution < -0.4 is 0 Å². The normalized spacial score (nSPS) is 26.5. The largest absolute Gasteiger partial charge is 0.280 e. The third-order valence-electron chi connectivity index (χ3n) is 4.59. The highest BCUT2D eigenvalue weighted by Crippen LogP contribution is 2.61. The molecule has 2 aliphatic rings. The van der Waals surface area contributed by atoms with Crippen LogP contribution in [-0.2, 0) is 0 Å². The second kappa shape index (κ2) is 5.85. The van der Waals surface area contributed by atoms with E-state index in [-0.39, 0.29) is 5.41 Å². The Morgan fingerprint density at radius 2 is 1.81 bits per heavy atom. The first-order chi connectivity index (χ1) is 9.44. The summed E-state index contributed by atoms with van der Waals surface area (Å²) in [5.74, 6) is 0. The first-order valence-corrected chi connectivity index (χ1v) is 15.9. The fraction of sp³-hybridized carbons (Fsp3) is 0.765. The number of allylic oxidation sites excluding steroid dienone is 3. The van der Waals surface area contributed by atoms with Crippen LogP contribution in [0, 0.1) is 5.41 Å². The maximum absolute atomic E-state index is 7.00. The smallest absolute Gasteiger partial charge is 0.140 e. The Hall–Kier alpha value is 0.494. The summed E-state index contributed by atoms with van der Waals surface area (Å²) < 4.78 is 0. The van der Waals surface area contributed by atoms with Crippen molar-refractivity contribution in [3.63, 3.8) is 0 Å². The van der Waals surface area contributed by atoms with Crippen molar-refractivity contribution in [3.05, 3.63) is 22.0 Å². The molecule has 0 bridgehead atoms. The fourth-order valence-electron chi connectivity index (χ4n) is 3.85. The molecule has 4 heteroatoms. The Bertz CT molecular complexity index is 476. The summed E-state index contributed by atoms with van der Waals surface area (Å²) in [5, 5.41) is 0. The van der Waals surface area contributed by atoms with Gasteiger partial charge in [0.2, 0.25) is 0 Å². The molecule has 0 fully saturated rings. The molecule has 1 heterocycles. The van der Waals surface area contributed by atoms with Gasteiger partial charge in [-0.3, -0.25) is 0 Å². The zero-order valence-electron chi connectivity index (χ0n) is 14.4. The van der Waals surface area contributed by atoms with Crippen molar-refractivity contribution in [3.8, 4) is 0 Å². The maximum Gasteiger partial charge on any atom is 0.280 e. The van der Waals surface area contributed by atoms with Gasteiger partial charge in [0.25, 0.3) is 6.69 Å². The molecule has 0 amide bonds. The van der Waals surface area contributed by atoms with Crippen LogP contribution in [0.1, 0.15) is 52.9 Å². The van der Waals surface area contributed by atoms with E-state index >= 15 is 0 Å². The van der Waals surface area contributed by atoms with E-state index in [4.69, 9.17) is 22.2 Å². The SMILES string of the molecule is CC(C)(C)CC1C(C2=CCCCC2)=C([Si](C)(C)C)[Si]1(Cl)Cl. The minimum Gasteiger partial charge on any atom is -0.140 e. The van der Waals surface area contributed by atoms with Gasteiger partial charge in [0, 0.05) is 5.54 Å². The van der Waals surface area contributed by atoms with Crippen LogP contribution in [0.5, 0.6) is 0 Å². The van der Waals surface area contributed by atoms with Gasteiger partial charge in [0.05, 0.1) is 8.07 Å². The topological polar surface area (TPSA) is 0 Å². The summed E-state index contributed by atoms with van der Waals surface area (Å²) in [6.45, 7) is 11.9. The zero-order valence-corrected chi connectivity index (χ0v) is 18.0. The van der Waals surface area contributed by atoms with E-state index < -0.39 is 14.8 Å². The molecule has 21 heavy (non-hydrogen) atoms. The molecule has 1 atom stereocenters. The molecular weight excluding hydrogens is 331 g/mol. The second-order valence-electron chi connectivity index (χ2n) is 8.95. The van der Waals surface area contributed by atoms with Crippen molar-refractivity contribution in [1.82, 2.24) is 0 Å². The lowest BCUT2D eigenvalue weighted by Gasteiger charge is -2.51. The molecular formula is C17H30Cl2Si2. The maximum atomic E-state index is 7.00. The molecule has 0 spiro atoms. The Labute approximate surface area is 142 Å². The summed E-state index contributed by atoms with van der Waals surface area (Å²) in [7, 11) is -1.44. The standard InChI is InChI=1S/C17H30Cl2Si2/c1-17(2,3)12-14-15(13-10-8-7-9-11-13)16(20(4,5)6)21(14,18)19/h10,14H,7-9,11-12H2,1-6H3. The van der Waals surface area contributed by atoms with Crippen molar-refractivity contribution in [1.29, 1.82) is 0 Å². The van der Waals surface area contributed by atoms with E-state index in [9.17, 15) is 0 Å². The average molecular weight is 362 g/mol. The predicted molar refractivity (Wildman–Crippen MR) is 102 cm³/mol. The average Bonchev–Trinajstić information content (AvgIpc) is 2.31. The third kappa shape index (κ3) is 3.71. The number of halogens is 2.